The monoisotopic (exact) mass is 417 g/mol. The summed E-state index contributed by atoms with van der Waals surface area (Å²) in [6, 6.07) is 26.1. The summed E-state index contributed by atoms with van der Waals surface area (Å²) in [4.78, 5) is 19.5. The lowest BCUT2D eigenvalue weighted by Gasteiger charge is -2.21. The molecular weight excluding hydrogens is 390 g/mol. The summed E-state index contributed by atoms with van der Waals surface area (Å²) in [5.74, 6) is 0.251. The third kappa shape index (κ3) is 6.49. The van der Waals surface area contributed by atoms with E-state index in [-0.39, 0.29) is 11.7 Å². The van der Waals surface area contributed by atoms with Crippen LogP contribution in [0.5, 0.6) is 0 Å². The normalized spacial score (nSPS) is 11.2. The number of carbonyl (C=O) groups is 1. The SMILES string of the molecule is Cc1ccc(C)c(NC(=O)CSC(=Nc2ccccc2)N(C)Cc2ccccc2)c1. The molecule has 0 saturated carbocycles. The second-order valence-corrected chi connectivity index (χ2v) is 8.17. The van der Waals surface area contributed by atoms with E-state index in [1.165, 1.54) is 17.3 Å². The van der Waals surface area contributed by atoms with E-state index in [1.54, 1.807) is 0 Å². The van der Waals surface area contributed by atoms with Crippen LogP contribution in [0.1, 0.15) is 16.7 Å². The Labute approximate surface area is 183 Å². The predicted octanol–water partition coefficient (Wildman–Crippen LogP) is 5.79. The molecule has 0 aliphatic heterocycles. The molecule has 0 bridgehead atoms. The zero-order chi connectivity index (χ0) is 21.3. The molecule has 3 rings (SSSR count). The number of aliphatic imine (C=N–C) groups is 1. The van der Waals surface area contributed by atoms with Gasteiger partial charge in [-0.1, -0.05) is 72.4 Å². The quantitative estimate of drug-likeness (QED) is 0.407. The highest BCUT2D eigenvalue weighted by Gasteiger charge is 2.13. The number of thioether (sulfide) groups is 1. The van der Waals surface area contributed by atoms with Crippen molar-refractivity contribution in [3.63, 3.8) is 0 Å². The van der Waals surface area contributed by atoms with E-state index in [0.29, 0.717) is 0 Å². The zero-order valence-electron chi connectivity index (χ0n) is 17.6. The van der Waals surface area contributed by atoms with Crippen LogP contribution in [-0.4, -0.2) is 28.8 Å². The Bertz CT molecular complexity index is 1000. The fraction of sp³-hybridized carbons (Fsp3) is 0.200. The van der Waals surface area contributed by atoms with Crippen molar-refractivity contribution in [2.75, 3.05) is 18.1 Å². The van der Waals surface area contributed by atoms with Crippen LogP contribution in [0.2, 0.25) is 0 Å². The lowest BCUT2D eigenvalue weighted by atomic mass is 10.1. The van der Waals surface area contributed by atoms with E-state index in [4.69, 9.17) is 4.99 Å². The number of benzene rings is 3. The van der Waals surface area contributed by atoms with Gasteiger partial charge in [-0.05, 0) is 48.7 Å². The van der Waals surface area contributed by atoms with Crippen molar-refractivity contribution in [1.82, 2.24) is 4.90 Å². The van der Waals surface area contributed by atoms with Gasteiger partial charge in [0.25, 0.3) is 0 Å². The van der Waals surface area contributed by atoms with E-state index in [2.05, 4.69) is 22.3 Å². The maximum atomic E-state index is 12.6. The van der Waals surface area contributed by atoms with Crippen molar-refractivity contribution in [2.45, 2.75) is 20.4 Å². The molecule has 0 atom stereocenters. The van der Waals surface area contributed by atoms with Crippen LogP contribution in [-0.2, 0) is 11.3 Å². The van der Waals surface area contributed by atoms with Crippen LogP contribution in [0.25, 0.3) is 0 Å². The molecule has 1 N–H and O–H groups in total. The maximum absolute atomic E-state index is 12.6. The van der Waals surface area contributed by atoms with Crippen LogP contribution in [0.3, 0.4) is 0 Å². The van der Waals surface area contributed by atoms with Crippen molar-refractivity contribution in [3.8, 4) is 0 Å². The third-order valence-corrected chi connectivity index (χ3v) is 5.64. The molecule has 0 aliphatic rings. The predicted molar refractivity (Wildman–Crippen MR) is 128 cm³/mol. The summed E-state index contributed by atoms with van der Waals surface area (Å²) in [5.41, 5.74) is 5.10. The molecule has 30 heavy (non-hydrogen) atoms. The van der Waals surface area contributed by atoms with Crippen molar-refractivity contribution >= 4 is 34.2 Å². The number of nitrogens with zero attached hydrogens (tertiary/aromatic N) is 2. The molecule has 0 heterocycles. The van der Waals surface area contributed by atoms with E-state index < -0.39 is 0 Å². The van der Waals surface area contributed by atoms with Gasteiger partial charge in [0.05, 0.1) is 11.4 Å². The number of hydrogen-bond donors (Lipinski definition) is 1. The number of rotatable bonds is 6. The van der Waals surface area contributed by atoms with Crippen LogP contribution in [0, 0.1) is 13.8 Å². The molecule has 3 aromatic carbocycles. The number of aryl methyl sites for hydroxylation is 2. The van der Waals surface area contributed by atoms with Crippen molar-refractivity contribution in [3.05, 3.63) is 95.6 Å². The largest absolute Gasteiger partial charge is 0.350 e. The topological polar surface area (TPSA) is 44.7 Å². The van der Waals surface area contributed by atoms with E-state index in [9.17, 15) is 4.79 Å². The number of para-hydroxylation sites is 1. The van der Waals surface area contributed by atoms with Gasteiger partial charge in [0.15, 0.2) is 5.17 Å². The average Bonchev–Trinajstić information content (AvgIpc) is 2.75. The van der Waals surface area contributed by atoms with E-state index in [1.807, 2.05) is 87.6 Å². The third-order valence-electron chi connectivity index (χ3n) is 4.57. The van der Waals surface area contributed by atoms with Crippen molar-refractivity contribution in [2.24, 2.45) is 4.99 Å². The number of anilines is 1. The van der Waals surface area contributed by atoms with Crippen LogP contribution in [0.15, 0.2) is 83.9 Å². The Morgan fingerprint density at radius 2 is 1.63 bits per heavy atom. The summed E-state index contributed by atoms with van der Waals surface area (Å²) in [6.45, 7) is 4.74. The minimum Gasteiger partial charge on any atom is -0.350 e. The van der Waals surface area contributed by atoms with Gasteiger partial charge in [-0.15, -0.1) is 0 Å². The second-order valence-electron chi connectivity index (χ2n) is 7.23. The average molecular weight is 418 g/mol. The number of amidine groups is 1. The molecule has 4 nitrogen and oxygen atoms in total. The van der Waals surface area contributed by atoms with Gasteiger partial charge in [-0.25, -0.2) is 4.99 Å². The van der Waals surface area contributed by atoms with Gasteiger partial charge >= 0.3 is 0 Å². The second kappa shape index (κ2) is 10.6. The summed E-state index contributed by atoms with van der Waals surface area (Å²) >= 11 is 1.45. The van der Waals surface area contributed by atoms with Gasteiger partial charge in [0.1, 0.15) is 0 Å². The molecule has 1 amide bonds. The summed E-state index contributed by atoms with van der Waals surface area (Å²) in [6.07, 6.45) is 0. The number of amides is 1. The first-order valence-corrected chi connectivity index (χ1v) is 10.9. The fourth-order valence-electron chi connectivity index (χ4n) is 2.95. The molecular formula is C25H27N3OS. The minimum absolute atomic E-state index is 0.0393. The van der Waals surface area contributed by atoms with Gasteiger partial charge in [-0.3, -0.25) is 4.79 Å². The first kappa shape index (κ1) is 21.7. The van der Waals surface area contributed by atoms with Crippen LogP contribution < -0.4 is 5.32 Å². The van der Waals surface area contributed by atoms with E-state index >= 15 is 0 Å². The van der Waals surface area contributed by atoms with Crippen molar-refractivity contribution < 1.29 is 4.79 Å². The van der Waals surface area contributed by atoms with Gasteiger partial charge < -0.3 is 10.2 Å². The van der Waals surface area contributed by atoms with Gasteiger partial charge in [0.2, 0.25) is 5.91 Å². The summed E-state index contributed by atoms with van der Waals surface area (Å²) in [7, 11) is 2.00. The zero-order valence-corrected chi connectivity index (χ0v) is 18.4. The minimum atomic E-state index is -0.0393. The number of nitrogens with one attached hydrogen (secondary N) is 1. The highest BCUT2D eigenvalue weighted by atomic mass is 32.2. The Kier molecular flexibility index (Phi) is 7.69. The van der Waals surface area contributed by atoms with E-state index in [0.717, 1.165) is 34.2 Å². The molecule has 0 aliphatic carbocycles. The lowest BCUT2D eigenvalue weighted by molar-refractivity contribution is -0.113. The van der Waals surface area contributed by atoms with Gasteiger partial charge in [0, 0.05) is 19.3 Å². The molecule has 0 saturated heterocycles. The molecule has 0 fully saturated rings. The summed E-state index contributed by atoms with van der Waals surface area (Å²) in [5, 5.41) is 3.83. The van der Waals surface area contributed by atoms with Gasteiger partial charge in [-0.2, -0.15) is 0 Å². The van der Waals surface area contributed by atoms with Crippen LogP contribution in [0.4, 0.5) is 11.4 Å². The smallest absolute Gasteiger partial charge is 0.234 e. The maximum Gasteiger partial charge on any atom is 0.234 e. The molecule has 0 unspecified atom stereocenters. The molecule has 0 radical (unpaired) electrons. The van der Waals surface area contributed by atoms with Crippen LogP contribution >= 0.6 is 11.8 Å². The number of hydrogen-bond acceptors (Lipinski definition) is 3. The highest BCUT2D eigenvalue weighted by Crippen LogP contribution is 2.20. The Morgan fingerprint density at radius 3 is 2.33 bits per heavy atom. The molecule has 0 aromatic heterocycles. The lowest BCUT2D eigenvalue weighted by Crippen LogP contribution is -2.26. The summed E-state index contributed by atoms with van der Waals surface area (Å²) < 4.78 is 0. The van der Waals surface area contributed by atoms with Crippen molar-refractivity contribution in [1.29, 1.82) is 0 Å². The fourth-order valence-corrected chi connectivity index (χ4v) is 3.74. The standard InChI is InChI=1S/C25H27N3OS/c1-19-14-15-20(2)23(16-19)27-24(29)18-30-25(26-22-12-8-5-9-13-22)28(3)17-21-10-6-4-7-11-21/h4-16H,17-18H2,1-3H3,(H,27,29). The first-order chi connectivity index (χ1) is 14.5. The molecule has 0 spiro atoms. The Hall–Kier alpha value is -3.05. The number of carbonyl (C=O) groups excluding carboxylic acids is 1. The molecule has 5 heteroatoms. The highest BCUT2D eigenvalue weighted by molar-refractivity contribution is 8.14. The Balaban J connectivity index is 1.71. The Morgan fingerprint density at radius 1 is 0.967 bits per heavy atom. The molecule has 3 aromatic rings. The first-order valence-electron chi connectivity index (χ1n) is 9.90. The molecule has 154 valence electrons.